The van der Waals surface area contributed by atoms with E-state index in [-0.39, 0.29) is 5.56 Å². The van der Waals surface area contributed by atoms with Crippen molar-refractivity contribution in [3.63, 3.8) is 0 Å². The van der Waals surface area contributed by atoms with Crippen molar-refractivity contribution in [2.75, 3.05) is 6.54 Å². The minimum absolute atomic E-state index is 0.0932. The van der Waals surface area contributed by atoms with Gasteiger partial charge in [-0.15, -0.1) is 0 Å². The van der Waals surface area contributed by atoms with Crippen LogP contribution in [0, 0.1) is 6.92 Å². The summed E-state index contributed by atoms with van der Waals surface area (Å²) in [6, 6.07) is 0. The van der Waals surface area contributed by atoms with Crippen LogP contribution in [0.5, 0.6) is 0 Å². The van der Waals surface area contributed by atoms with Crippen molar-refractivity contribution >= 4 is 0 Å². The lowest BCUT2D eigenvalue weighted by Crippen LogP contribution is -2.35. The molecule has 0 radical (unpaired) electrons. The van der Waals surface area contributed by atoms with Crippen LogP contribution in [0.1, 0.15) is 22.8 Å². The normalized spacial score (nSPS) is 14.5. The van der Waals surface area contributed by atoms with Crippen LogP contribution in [-0.4, -0.2) is 41.3 Å². The maximum Gasteiger partial charge on any atom is 0.255 e. The van der Waals surface area contributed by atoms with Crippen molar-refractivity contribution in [3.8, 4) is 11.4 Å². The first-order valence-electron chi connectivity index (χ1n) is 7.79. The molecule has 0 saturated heterocycles. The van der Waals surface area contributed by atoms with Crippen LogP contribution in [0.3, 0.4) is 0 Å². The molecule has 0 atom stereocenters. The van der Waals surface area contributed by atoms with E-state index in [4.69, 9.17) is 0 Å². The molecular formula is C16H17N7O. The van der Waals surface area contributed by atoms with Crippen molar-refractivity contribution in [2.45, 2.75) is 26.4 Å². The monoisotopic (exact) mass is 323 g/mol. The summed E-state index contributed by atoms with van der Waals surface area (Å²) in [5.74, 6) is 1.42. The summed E-state index contributed by atoms with van der Waals surface area (Å²) in [5.41, 5.74) is 3.27. The lowest BCUT2D eigenvalue weighted by atomic mass is 10.1. The molecular weight excluding hydrogens is 306 g/mol. The zero-order chi connectivity index (χ0) is 16.5. The first kappa shape index (κ1) is 14.7. The molecule has 24 heavy (non-hydrogen) atoms. The minimum atomic E-state index is -0.0932. The highest BCUT2D eigenvalue weighted by molar-refractivity contribution is 5.52. The Labute approximate surface area is 138 Å². The number of hydrogen-bond donors (Lipinski definition) is 2. The standard InChI is InChI=1S/C16H17N7O/c1-10-19-6-12(20-10)7-23-3-2-14-13(8-23)16(24)22-15(21-14)11-4-17-9-18-5-11/h4-6,9H,2-3,7-8H2,1H3,(H,19,20)(H,21,22,24). The Morgan fingerprint density at radius 1 is 1.21 bits per heavy atom. The molecule has 0 fully saturated rings. The van der Waals surface area contributed by atoms with Gasteiger partial charge in [-0.25, -0.2) is 19.9 Å². The largest absolute Gasteiger partial charge is 0.345 e. The van der Waals surface area contributed by atoms with Crippen molar-refractivity contribution in [1.82, 2.24) is 34.8 Å². The van der Waals surface area contributed by atoms with E-state index in [9.17, 15) is 4.79 Å². The zero-order valence-electron chi connectivity index (χ0n) is 13.3. The fraction of sp³-hybridized carbons (Fsp3) is 0.312. The second kappa shape index (κ2) is 5.97. The molecule has 0 spiro atoms. The maximum absolute atomic E-state index is 12.5. The molecule has 122 valence electrons. The average Bonchev–Trinajstić information content (AvgIpc) is 3.01. The van der Waals surface area contributed by atoms with Crippen LogP contribution >= 0.6 is 0 Å². The smallest absolute Gasteiger partial charge is 0.255 e. The molecule has 1 aliphatic rings. The number of aryl methyl sites for hydroxylation is 1. The first-order chi connectivity index (χ1) is 11.7. The second-order valence-corrected chi connectivity index (χ2v) is 5.92. The molecule has 8 heteroatoms. The van der Waals surface area contributed by atoms with Gasteiger partial charge in [-0.2, -0.15) is 0 Å². The highest BCUT2D eigenvalue weighted by Gasteiger charge is 2.22. The summed E-state index contributed by atoms with van der Waals surface area (Å²) in [6.07, 6.45) is 7.33. The van der Waals surface area contributed by atoms with Crippen molar-refractivity contribution < 1.29 is 0 Å². The number of H-pyrrole nitrogens is 2. The van der Waals surface area contributed by atoms with E-state index in [0.717, 1.165) is 42.3 Å². The number of nitrogens with zero attached hydrogens (tertiary/aromatic N) is 5. The fourth-order valence-corrected chi connectivity index (χ4v) is 2.97. The Hall–Kier alpha value is -2.87. The molecule has 3 aromatic rings. The third-order valence-corrected chi connectivity index (χ3v) is 4.13. The number of aromatic nitrogens is 6. The first-order valence-corrected chi connectivity index (χ1v) is 7.79. The van der Waals surface area contributed by atoms with Crippen LogP contribution in [0.4, 0.5) is 0 Å². The van der Waals surface area contributed by atoms with Gasteiger partial charge in [-0.05, 0) is 6.92 Å². The van der Waals surface area contributed by atoms with Crippen LogP contribution in [0.25, 0.3) is 11.4 Å². The van der Waals surface area contributed by atoms with Gasteiger partial charge in [0.25, 0.3) is 5.56 Å². The molecule has 3 aromatic heterocycles. The molecule has 0 aromatic carbocycles. The Morgan fingerprint density at radius 2 is 2.04 bits per heavy atom. The van der Waals surface area contributed by atoms with E-state index in [2.05, 4.69) is 34.8 Å². The number of aromatic amines is 2. The van der Waals surface area contributed by atoms with E-state index in [1.165, 1.54) is 6.33 Å². The summed E-state index contributed by atoms with van der Waals surface area (Å²) >= 11 is 0. The Kier molecular flexibility index (Phi) is 3.66. The second-order valence-electron chi connectivity index (χ2n) is 5.92. The number of imidazole rings is 1. The predicted octanol–water partition coefficient (Wildman–Crippen LogP) is 0.817. The van der Waals surface area contributed by atoms with Gasteiger partial charge in [-0.1, -0.05) is 0 Å². The number of fused-ring (bicyclic) bond motifs is 1. The van der Waals surface area contributed by atoms with Gasteiger partial charge in [-0.3, -0.25) is 9.69 Å². The van der Waals surface area contributed by atoms with Crippen LogP contribution in [-0.2, 0) is 19.5 Å². The average molecular weight is 323 g/mol. The predicted molar refractivity (Wildman–Crippen MR) is 87.0 cm³/mol. The van der Waals surface area contributed by atoms with E-state index in [1.807, 2.05) is 13.1 Å². The van der Waals surface area contributed by atoms with E-state index < -0.39 is 0 Å². The Morgan fingerprint density at radius 3 is 2.79 bits per heavy atom. The Balaban J connectivity index is 1.59. The molecule has 4 rings (SSSR count). The highest BCUT2D eigenvalue weighted by Crippen LogP contribution is 2.18. The quantitative estimate of drug-likeness (QED) is 0.739. The molecule has 0 bridgehead atoms. The molecule has 0 aliphatic carbocycles. The zero-order valence-corrected chi connectivity index (χ0v) is 13.3. The topological polar surface area (TPSA) is 103 Å². The molecule has 0 saturated carbocycles. The van der Waals surface area contributed by atoms with E-state index in [1.54, 1.807) is 12.4 Å². The third-order valence-electron chi connectivity index (χ3n) is 4.13. The minimum Gasteiger partial charge on any atom is -0.345 e. The molecule has 0 unspecified atom stereocenters. The Bertz CT molecular complexity index is 916. The molecule has 0 amide bonds. The van der Waals surface area contributed by atoms with Crippen LogP contribution < -0.4 is 5.56 Å². The van der Waals surface area contributed by atoms with Crippen molar-refractivity contribution in [2.24, 2.45) is 0 Å². The number of nitrogens with one attached hydrogen (secondary N) is 2. The highest BCUT2D eigenvalue weighted by atomic mass is 16.1. The van der Waals surface area contributed by atoms with E-state index >= 15 is 0 Å². The van der Waals surface area contributed by atoms with Gasteiger partial charge in [0.05, 0.1) is 16.8 Å². The number of rotatable bonds is 3. The number of hydrogen-bond acceptors (Lipinski definition) is 6. The van der Waals surface area contributed by atoms with Gasteiger partial charge in [0.15, 0.2) is 0 Å². The molecule has 4 heterocycles. The van der Waals surface area contributed by atoms with Gasteiger partial charge in [0.1, 0.15) is 18.0 Å². The van der Waals surface area contributed by atoms with Crippen LogP contribution in [0.15, 0.2) is 29.7 Å². The lowest BCUT2D eigenvalue weighted by molar-refractivity contribution is 0.239. The summed E-state index contributed by atoms with van der Waals surface area (Å²) in [7, 11) is 0. The van der Waals surface area contributed by atoms with Gasteiger partial charge in [0.2, 0.25) is 0 Å². The van der Waals surface area contributed by atoms with Gasteiger partial charge < -0.3 is 9.97 Å². The summed E-state index contributed by atoms with van der Waals surface area (Å²) < 4.78 is 0. The van der Waals surface area contributed by atoms with Crippen molar-refractivity contribution in [3.05, 3.63) is 58.0 Å². The maximum atomic E-state index is 12.5. The van der Waals surface area contributed by atoms with Crippen molar-refractivity contribution in [1.29, 1.82) is 0 Å². The lowest BCUT2D eigenvalue weighted by Gasteiger charge is -2.27. The summed E-state index contributed by atoms with van der Waals surface area (Å²) in [5, 5.41) is 0. The molecule has 8 nitrogen and oxygen atoms in total. The summed E-state index contributed by atoms with van der Waals surface area (Å²) in [6.45, 7) is 4.11. The third kappa shape index (κ3) is 2.83. The van der Waals surface area contributed by atoms with Gasteiger partial charge >= 0.3 is 0 Å². The molecule has 2 N–H and O–H groups in total. The van der Waals surface area contributed by atoms with Crippen LogP contribution in [0.2, 0.25) is 0 Å². The summed E-state index contributed by atoms with van der Waals surface area (Å²) in [4.78, 5) is 37.5. The SMILES string of the molecule is Cc1ncc(CN2CCc3nc(-c4cncnc4)[nH]c(=O)c3C2)[nH]1. The van der Waals surface area contributed by atoms with Gasteiger partial charge in [0, 0.05) is 50.3 Å². The molecule has 1 aliphatic heterocycles. The van der Waals surface area contributed by atoms with E-state index in [0.29, 0.717) is 17.9 Å². The fourth-order valence-electron chi connectivity index (χ4n) is 2.97.